The molecular weight excluding hydrogens is 1490 g/mol. The highest BCUT2D eigenvalue weighted by molar-refractivity contribution is 6.09. The summed E-state index contributed by atoms with van der Waals surface area (Å²) in [7, 11) is 0. The molecule has 0 saturated heterocycles. The van der Waals surface area contributed by atoms with Crippen molar-refractivity contribution < 1.29 is 78.7 Å². The molecule has 0 radical (unpaired) electrons. The largest absolute Gasteiger partial charge is 0.493 e. The first-order valence-electron chi connectivity index (χ1n) is 37.4. The predicted octanol–water partition coefficient (Wildman–Crippen LogP) is 8.71. The van der Waals surface area contributed by atoms with Crippen LogP contribution in [0.2, 0.25) is 0 Å². The monoisotopic (exact) mass is 1560 g/mol. The topological polar surface area (TPSA) is 454 Å². The number of benzene rings is 8. The third-order valence-corrected chi connectivity index (χ3v) is 22.5. The van der Waals surface area contributed by atoms with Gasteiger partial charge in [0.15, 0.2) is 46.6 Å². The number of nitrogens with zero attached hydrogens (tertiary/aromatic N) is 12. The van der Waals surface area contributed by atoms with Crippen LogP contribution in [0.25, 0.3) is 179 Å². The van der Waals surface area contributed by atoms with E-state index in [1.807, 2.05) is 0 Å². The number of ether oxygens (including phenoxy) is 8. The van der Waals surface area contributed by atoms with Crippen LogP contribution in [0.5, 0.6) is 46.0 Å². The molecule has 0 fully saturated rings. The zero-order chi connectivity index (χ0) is 78.3. The van der Waals surface area contributed by atoms with Crippen LogP contribution in [0.3, 0.4) is 0 Å². The normalized spacial score (nSPS) is 16.1. The van der Waals surface area contributed by atoms with Gasteiger partial charge in [-0.1, -0.05) is 0 Å². The highest BCUT2D eigenvalue weighted by Crippen LogP contribution is 2.46. The predicted molar refractivity (Wildman–Crippen MR) is 422 cm³/mol. The molecule has 6 aliphatic rings. The van der Waals surface area contributed by atoms with Gasteiger partial charge in [-0.15, -0.1) is 0 Å². The molecule has 32 heteroatoms. The summed E-state index contributed by atoms with van der Waals surface area (Å²) in [5.74, 6) is 3.98. The van der Waals surface area contributed by atoms with Gasteiger partial charge in [-0.2, -0.15) is 0 Å². The van der Waals surface area contributed by atoms with E-state index in [0.717, 1.165) is 0 Å². The van der Waals surface area contributed by atoms with Gasteiger partial charge in [0.25, 0.3) is 0 Å². The number of aromatic nitrogens is 16. The molecule has 0 unspecified atom stereocenters. The summed E-state index contributed by atoms with van der Waals surface area (Å²) >= 11 is 0. The second-order valence-corrected chi connectivity index (χ2v) is 30.5. The van der Waals surface area contributed by atoms with Crippen LogP contribution >= 0.6 is 0 Å². The van der Waals surface area contributed by atoms with Gasteiger partial charge in [0.2, 0.25) is 0 Å². The van der Waals surface area contributed by atoms with Gasteiger partial charge in [0, 0.05) is 87.6 Å². The molecule has 12 N–H and O–H groups in total. The maximum Gasteiger partial charge on any atom is 0.164 e. The number of fused-ring (bicyclic) bond motifs is 24. The fourth-order valence-electron chi connectivity index (χ4n) is 15.1. The summed E-state index contributed by atoms with van der Waals surface area (Å²) in [6, 6.07) is 42.2. The zero-order valence-corrected chi connectivity index (χ0v) is 61.4. The molecule has 0 spiro atoms. The Morgan fingerprint density at radius 3 is 0.552 bits per heavy atom. The number of nitrogens with one attached hydrogen (secondary N) is 4. The average Bonchev–Trinajstić information content (AvgIpc) is 1.59. The number of aliphatic hydroxyl groups is 8. The highest BCUT2D eigenvalue weighted by atomic mass is 16.5. The molecule has 0 amide bonds. The molecule has 20 rings (SSSR count). The van der Waals surface area contributed by atoms with Crippen LogP contribution in [0.4, 0.5) is 0 Å². The summed E-state index contributed by atoms with van der Waals surface area (Å²) in [4.78, 5) is 77.1. The average molecular weight is 1560 g/mol. The van der Waals surface area contributed by atoms with Crippen molar-refractivity contribution in [2.75, 3.05) is 106 Å². The van der Waals surface area contributed by atoms with Crippen LogP contribution in [0, 0.1) is 21.7 Å². The lowest BCUT2D eigenvalue weighted by Gasteiger charge is -2.29. The van der Waals surface area contributed by atoms with E-state index in [4.69, 9.17) is 97.7 Å². The molecule has 6 aromatic heterocycles. The number of aromatic amines is 4. The molecule has 0 aliphatic carbocycles. The van der Waals surface area contributed by atoms with Crippen molar-refractivity contribution in [1.29, 1.82) is 0 Å². The van der Waals surface area contributed by atoms with Crippen molar-refractivity contribution in [1.82, 2.24) is 79.7 Å². The standard InChI is InChI=1S/C84H68N16O16/c101-25-81(26-102)33-109-41-1-9-49-57(17-41)73-89-65(49)85-66-50-10-2-43-19-58(50)75(90-66)98-76-61-21-45-5-13-53(61)68(92-76)86-67-51-12-4-44(20-59(51)74(91-67)97-73)112-36-83(29-105,30-106)38-115-46-6-14-54-62(22-46)78-94-71(54)88-72-56-16-8-48(116-40-84(31-107,32-108)39-113-45)24-64(56)80(96-72)100-79-63-23-47(114-37-82(27-103,28-104)35-111-43)7-15-55(63)70(95-79)87-69-52-11-3-42(110-34-81)18-60(52)77(93-69)99-78/h1-24,101-108H,25-40H2,(H2,85,86,89,90,91,92,97,98)(H2,87,88,93,94,95,96,99,100). The fourth-order valence-corrected chi connectivity index (χ4v) is 15.1. The van der Waals surface area contributed by atoms with Crippen LogP contribution < -0.4 is 37.9 Å². The van der Waals surface area contributed by atoms with Crippen LogP contribution in [0.1, 0.15) is 0 Å². The molecule has 6 aliphatic heterocycles. The van der Waals surface area contributed by atoms with E-state index in [0.29, 0.717) is 156 Å². The van der Waals surface area contributed by atoms with Gasteiger partial charge in [-0.05, 0) is 146 Å². The first kappa shape index (κ1) is 70.4. The first-order chi connectivity index (χ1) is 56.7. The molecule has 32 bridgehead atoms. The Morgan fingerprint density at radius 1 is 0.198 bits per heavy atom. The van der Waals surface area contributed by atoms with Crippen molar-refractivity contribution >= 4 is 88.3 Å². The minimum absolute atomic E-state index is 0.170. The van der Waals surface area contributed by atoms with E-state index in [2.05, 4.69) is 19.9 Å². The van der Waals surface area contributed by atoms with Crippen LogP contribution in [0.15, 0.2) is 146 Å². The van der Waals surface area contributed by atoms with Gasteiger partial charge < -0.3 is 98.7 Å². The molecule has 32 nitrogen and oxygen atoms in total. The maximum absolute atomic E-state index is 11.4. The van der Waals surface area contributed by atoms with Crippen LogP contribution in [-0.4, -0.2) is 226 Å². The third-order valence-electron chi connectivity index (χ3n) is 22.5. The Kier molecular flexibility index (Phi) is 16.5. The molecule has 14 aromatic rings. The number of hydrogen-bond acceptors (Lipinski definition) is 28. The van der Waals surface area contributed by atoms with E-state index >= 15 is 0 Å². The molecule has 0 saturated carbocycles. The Labute approximate surface area is 653 Å². The van der Waals surface area contributed by atoms with Gasteiger partial charge in [-0.3, -0.25) is 0 Å². The summed E-state index contributed by atoms with van der Waals surface area (Å²) in [5.41, 5.74) is 0.504. The van der Waals surface area contributed by atoms with Gasteiger partial charge in [0.1, 0.15) is 144 Å². The van der Waals surface area contributed by atoms with Gasteiger partial charge in [0.05, 0.1) is 74.5 Å². The Morgan fingerprint density at radius 2 is 0.362 bits per heavy atom. The second kappa shape index (κ2) is 27.1. The Balaban J connectivity index is 0.878. The third kappa shape index (κ3) is 11.8. The van der Waals surface area contributed by atoms with Gasteiger partial charge in [-0.25, -0.2) is 59.8 Å². The van der Waals surface area contributed by atoms with Crippen molar-refractivity contribution in [2.45, 2.75) is 0 Å². The second-order valence-electron chi connectivity index (χ2n) is 30.5. The van der Waals surface area contributed by atoms with Crippen molar-refractivity contribution in [3.63, 3.8) is 0 Å². The lowest BCUT2D eigenvalue weighted by Crippen LogP contribution is -2.41. The molecule has 8 aromatic carbocycles. The van der Waals surface area contributed by atoms with E-state index < -0.39 is 74.5 Å². The minimum atomic E-state index is -1.42. The SMILES string of the molecule is OCC1(CO)COc2ccc3c(c2)-c2nc-3nc3[nH]c4nc5nc6nc7[nH]c(n2)c2cc(ccc72)OCC(CO)(CO)COc2ccc7c8nc9nc(nc%10[nH]c(nc%11nc(nc([nH]8)c7c2)-c2cc(ccc2-%11)OC1)c1ccc(cc%101)OCC(CO)(CO)COc1ccc3c4c1)-c1cc(ccc1-9)OCC(CO)(CO)COc1ccc-6c-5c1. The van der Waals surface area contributed by atoms with Crippen molar-refractivity contribution in [2.24, 2.45) is 21.7 Å². The summed E-state index contributed by atoms with van der Waals surface area (Å²) < 4.78 is 53.2. The summed E-state index contributed by atoms with van der Waals surface area (Å²) in [5, 5.41) is 95.3. The number of aliphatic hydroxyl groups excluding tert-OH is 8. The minimum Gasteiger partial charge on any atom is -0.493 e. The van der Waals surface area contributed by atoms with Crippen molar-refractivity contribution in [3.05, 3.63) is 146 Å². The quantitative estimate of drug-likeness (QED) is 0.0676. The maximum atomic E-state index is 11.4. The lowest BCUT2D eigenvalue weighted by molar-refractivity contribution is -0.0189. The molecule has 0 atom stereocenters. The van der Waals surface area contributed by atoms with E-state index in [9.17, 15) is 40.9 Å². The number of hydrogen-bond donors (Lipinski definition) is 12. The molecule has 116 heavy (non-hydrogen) atoms. The van der Waals surface area contributed by atoms with Crippen LogP contribution in [-0.2, 0) is 0 Å². The Bertz CT molecular complexity index is 6040. The Hall–Kier alpha value is -13.4. The summed E-state index contributed by atoms with van der Waals surface area (Å²) in [6.07, 6.45) is 0. The smallest absolute Gasteiger partial charge is 0.164 e. The van der Waals surface area contributed by atoms with Gasteiger partial charge >= 0.3 is 0 Å². The summed E-state index contributed by atoms with van der Waals surface area (Å²) in [6.45, 7) is -6.60. The highest BCUT2D eigenvalue weighted by Gasteiger charge is 2.38. The fraction of sp³-hybridized carbons (Fsp3) is 0.238. The molecule has 12 heterocycles. The molecular formula is C84H68N16O16. The van der Waals surface area contributed by atoms with E-state index in [1.54, 1.807) is 146 Å². The number of rotatable bonds is 8. The first-order valence-corrected chi connectivity index (χ1v) is 37.4. The number of H-pyrrole nitrogens is 4. The van der Waals surface area contributed by atoms with E-state index in [-0.39, 0.29) is 122 Å². The molecule has 580 valence electrons. The van der Waals surface area contributed by atoms with Crippen molar-refractivity contribution in [3.8, 4) is 137 Å². The van der Waals surface area contributed by atoms with E-state index in [1.165, 1.54) is 0 Å². The lowest BCUT2D eigenvalue weighted by atomic mass is 9.92. The zero-order valence-electron chi connectivity index (χ0n) is 61.4.